The molecule has 0 radical (unpaired) electrons. The van der Waals surface area contributed by atoms with Gasteiger partial charge in [-0.1, -0.05) is 0 Å². The molecule has 1 aliphatic heterocycles. The van der Waals surface area contributed by atoms with Gasteiger partial charge in [-0.05, 0) is 0 Å². The topological polar surface area (TPSA) is 76.4 Å². The molecule has 6 heteroatoms. The second-order valence-corrected chi connectivity index (χ2v) is 2.46. The molecule has 0 spiro atoms. The van der Waals surface area contributed by atoms with E-state index in [1.165, 1.54) is 0 Å². The maximum absolute atomic E-state index is 10.1. The van der Waals surface area contributed by atoms with Crippen LogP contribution in [0.1, 0.15) is 0 Å². The number of nitro groups is 1. The molecule has 0 aromatic heterocycles. The fourth-order valence-corrected chi connectivity index (χ4v) is 0.818. The van der Waals surface area contributed by atoms with Crippen molar-refractivity contribution >= 4 is 0 Å². The predicted molar refractivity (Wildman–Crippen MR) is 41.9 cm³/mol. The van der Waals surface area contributed by atoms with Gasteiger partial charge in [-0.25, -0.2) is 0 Å². The summed E-state index contributed by atoms with van der Waals surface area (Å²) >= 11 is 0. The first-order valence-corrected chi connectivity index (χ1v) is 3.59. The normalized spacial score (nSPS) is 18.2. The van der Waals surface area contributed by atoms with E-state index in [0.29, 0.717) is 19.0 Å². The Kier molecular flexibility index (Phi) is 2.87. The highest BCUT2D eigenvalue weighted by Crippen LogP contribution is 2.01. The molecular weight excluding hydrogens is 162 g/mol. The van der Waals surface area contributed by atoms with E-state index >= 15 is 0 Å². The van der Waals surface area contributed by atoms with Crippen LogP contribution in [0.2, 0.25) is 0 Å². The van der Waals surface area contributed by atoms with Crippen molar-refractivity contribution in [3.05, 3.63) is 22.1 Å². The van der Waals surface area contributed by atoms with Crippen molar-refractivity contribution < 1.29 is 9.66 Å². The van der Waals surface area contributed by atoms with Crippen LogP contribution >= 0.6 is 0 Å². The Morgan fingerprint density at radius 3 is 2.75 bits per heavy atom. The third-order valence-corrected chi connectivity index (χ3v) is 1.50. The van der Waals surface area contributed by atoms with E-state index in [9.17, 15) is 10.1 Å². The minimum Gasteiger partial charge on any atom is -0.377 e. The van der Waals surface area contributed by atoms with E-state index < -0.39 is 4.92 Å². The summed E-state index contributed by atoms with van der Waals surface area (Å²) in [5.74, 6) is 0.410. The molecule has 6 nitrogen and oxygen atoms in total. The zero-order chi connectivity index (χ0) is 8.97. The van der Waals surface area contributed by atoms with E-state index in [1.807, 2.05) is 0 Å². The van der Waals surface area contributed by atoms with Gasteiger partial charge in [0.1, 0.15) is 0 Å². The van der Waals surface area contributed by atoms with Crippen LogP contribution in [0.5, 0.6) is 0 Å². The van der Waals surface area contributed by atoms with Crippen molar-refractivity contribution in [2.45, 2.75) is 6.04 Å². The smallest absolute Gasteiger partial charge is 0.274 e. The summed E-state index contributed by atoms with van der Waals surface area (Å²) in [6.45, 7) is 1.22. The highest BCUT2D eigenvalue weighted by atomic mass is 16.6. The molecule has 0 aromatic rings. The monoisotopic (exact) mass is 173 g/mol. The summed E-state index contributed by atoms with van der Waals surface area (Å²) in [5.41, 5.74) is 0. The Labute approximate surface area is 69.7 Å². The maximum atomic E-state index is 10.1. The summed E-state index contributed by atoms with van der Waals surface area (Å²) in [5, 5.41) is 15.7. The first kappa shape index (κ1) is 8.79. The molecule has 1 rings (SSSR count). The minimum absolute atomic E-state index is 0.198. The van der Waals surface area contributed by atoms with Crippen LogP contribution in [0.15, 0.2) is 12.0 Å². The molecule has 0 aromatic carbocycles. The number of nitrogens with one attached hydrogen (secondary N) is 2. The fraction of sp³-hybridized carbons (Fsp3) is 0.667. The molecule has 2 N–H and O–H groups in total. The summed E-state index contributed by atoms with van der Waals surface area (Å²) in [6, 6.07) is 0.198. The highest BCUT2D eigenvalue weighted by Gasteiger charge is 2.19. The first-order valence-electron chi connectivity index (χ1n) is 3.59. The van der Waals surface area contributed by atoms with Crippen molar-refractivity contribution in [2.75, 3.05) is 20.3 Å². The van der Waals surface area contributed by atoms with Gasteiger partial charge in [-0.3, -0.25) is 10.1 Å². The molecule has 0 aliphatic carbocycles. The van der Waals surface area contributed by atoms with Crippen molar-refractivity contribution in [2.24, 2.45) is 0 Å². The molecule has 0 bridgehead atoms. The van der Waals surface area contributed by atoms with Crippen LogP contribution in [0.3, 0.4) is 0 Å². The molecule has 12 heavy (non-hydrogen) atoms. The third-order valence-electron chi connectivity index (χ3n) is 1.50. The summed E-state index contributed by atoms with van der Waals surface area (Å²) in [6.07, 6.45) is 0.901. The SMILES string of the molecule is CN/C(=C/[N+](=O)[O-])NC1COC1. The van der Waals surface area contributed by atoms with Crippen LogP contribution in [0, 0.1) is 10.1 Å². The number of hydrogen-bond acceptors (Lipinski definition) is 5. The Hall–Kier alpha value is -1.30. The lowest BCUT2D eigenvalue weighted by molar-refractivity contribution is -0.404. The lowest BCUT2D eigenvalue weighted by atomic mass is 10.2. The first-order chi connectivity index (χ1) is 5.72. The number of nitrogens with zero attached hydrogens (tertiary/aromatic N) is 1. The second-order valence-electron chi connectivity index (χ2n) is 2.46. The van der Waals surface area contributed by atoms with E-state index in [1.54, 1.807) is 7.05 Å². The van der Waals surface area contributed by atoms with Gasteiger partial charge in [0.2, 0.25) is 0 Å². The molecule has 0 amide bonds. The average molecular weight is 173 g/mol. The van der Waals surface area contributed by atoms with Crippen LogP contribution < -0.4 is 10.6 Å². The molecular formula is C6H11N3O3. The van der Waals surface area contributed by atoms with Gasteiger partial charge in [-0.2, -0.15) is 0 Å². The lowest BCUT2D eigenvalue weighted by Crippen LogP contribution is -2.47. The van der Waals surface area contributed by atoms with Crippen molar-refractivity contribution in [3.8, 4) is 0 Å². The van der Waals surface area contributed by atoms with Crippen molar-refractivity contribution in [1.82, 2.24) is 10.6 Å². The highest BCUT2D eigenvalue weighted by molar-refractivity contribution is 4.95. The van der Waals surface area contributed by atoms with Gasteiger partial charge >= 0.3 is 0 Å². The predicted octanol–water partition coefficient (Wildman–Crippen LogP) is -0.730. The maximum Gasteiger partial charge on any atom is 0.274 e. The number of hydrogen-bond donors (Lipinski definition) is 2. The van der Waals surface area contributed by atoms with Gasteiger partial charge < -0.3 is 15.4 Å². The average Bonchev–Trinajstić information content (AvgIpc) is 1.93. The van der Waals surface area contributed by atoms with E-state index in [0.717, 1.165) is 6.20 Å². The zero-order valence-electron chi connectivity index (χ0n) is 6.74. The van der Waals surface area contributed by atoms with Crippen molar-refractivity contribution in [1.29, 1.82) is 0 Å². The van der Waals surface area contributed by atoms with Crippen LogP contribution in [-0.4, -0.2) is 31.2 Å². The summed E-state index contributed by atoms with van der Waals surface area (Å²) < 4.78 is 4.90. The molecule has 68 valence electrons. The molecule has 1 aliphatic rings. The molecule has 0 atom stereocenters. The van der Waals surface area contributed by atoms with Gasteiger partial charge in [0.15, 0.2) is 5.82 Å². The Morgan fingerprint density at radius 1 is 1.75 bits per heavy atom. The van der Waals surface area contributed by atoms with Crippen LogP contribution in [0.4, 0.5) is 0 Å². The molecule has 1 heterocycles. The molecule has 1 saturated heterocycles. The molecule has 1 fully saturated rings. The number of rotatable bonds is 4. The molecule has 0 saturated carbocycles. The summed E-state index contributed by atoms with van der Waals surface area (Å²) in [7, 11) is 1.63. The Balaban J connectivity index is 2.38. The summed E-state index contributed by atoms with van der Waals surface area (Å²) in [4.78, 5) is 9.57. The largest absolute Gasteiger partial charge is 0.377 e. The fourth-order valence-electron chi connectivity index (χ4n) is 0.818. The standard InChI is InChI=1S/C6H11N3O3/c1-7-6(2-9(10)11)8-5-3-12-4-5/h2,5,7-8H,3-4H2,1H3/b6-2-. The van der Waals surface area contributed by atoms with Crippen molar-refractivity contribution in [3.63, 3.8) is 0 Å². The lowest BCUT2D eigenvalue weighted by Gasteiger charge is -2.27. The Morgan fingerprint density at radius 2 is 2.42 bits per heavy atom. The van der Waals surface area contributed by atoms with Crippen LogP contribution in [-0.2, 0) is 4.74 Å². The molecule has 0 unspecified atom stereocenters. The van der Waals surface area contributed by atoms with E-state index in [-0.39, 0.29) is 6.04 Å². The van der Waals surface area contributed by atoms with Crippen LogP contribution in [0.25, 0.3) is 0 Å². The minimum atomic E-state index is -0.502. The van der Waals surface area contributed by atoms with Gasteiger partial charge in [0.05, 0.1) is 24.2 Å². The Bertz CT molecular complexity index is 200. The third kappa shape index (κ3) is 2.39. The zero-order valence-corrected chi connectivity index (χ0v) is 6.74. The van der Waals surface area contributed by atoms with Gasteiger partial charge in [0.25, 0.3) is 6.20 Å². The number of ether oxygens (including phenoxy) is 1. The van der Waals surface area contributed by atoms with Gasteiger partial charge in [-0.15, -0.1) is 0 Å². The second kappa shape index (κ2) is 3.91. The van der Waals surface area contributed by atoms with E-state index in [2.05, 4.69) is 10.6 Å². The van der Waals surface area contributed by atoms with E-state index in [4.69, 9.17) is 4.74 Å². The quantitative estimate of drug-likeness (QED) is 0.433. The van der Waals surface area contributed by atoms with Gasteiger partial charge in [0, 0.05) is 7.05 Å².